The summed E-state index contributed by atoms with van der Waals surface area (Å²) in [4.78, 5) is 28.6. The van der Waals surface area contributed by atoms with Crippen molar-refractivity contribution in [2.45, 2.75) is 0 Å². The van der Waals surface area contributed by atoms with E-state index < -0.39 is 16.6 Å². The predicted molar refractivity (Wildman–Crippen MR) is 126 cm³/mol. The van der Waals surface area contributed by atoms with Crippen LogP contribution in [0.25, 0.3) is 21.7 Å². The number of anilines is 1. The number of nitro benzene ring substituents is 1. The summed E-state index contributed by atoms with van der Waals surface area (Å²) in [6, 6.07) is 16.4. The highest BCUT2D eigenvalue weighted by atomic mass is 35.5. The molecule has 0 atom stereocenters. The normalized spacial score (nSPS) is 10.6. The summed E-state index contributed by atoms with van der Waals surface area (Å²) in [6.07, 6.45) is 0. The van der Waals surface area contributed by atoms with E-state index >= 15 is 0 Å². The van der Waals surface area contributed by atoms with Crippen LogP contribution in [0.5, 0.6) is 5.75 Å². The Bertz CT molecular complexity index is 1340. The highest BCUT2D eigenvalue weighted by Gasteiger charge is 2.20. The van der Waals surface area contributed by atoms with Crippen molar-refractivity contribution in [3.63, 3.8) is 0 Å². The van der Waals surface area contributed by atoms with Crippen LogP contribution in [0.2, 0.25) is 5.02 Å². The summed E-state index contributed by atoms with van der Waals surface area (Å²) in [5, 5.41) is 14.4. The zero-order valence-corrected chi connectivity index (χ0v) is 18.6. The number of nitrogens with zero attached hydrogens (tertiary/aromatic N) is 2. The Kier molecular flexibility index (Phi) is 6.34. The molecule has 0 aliphatic carbocycles. The number of nitro groups is 1. The average Bonchev–Trinajstić information content (AvgIpc) is 3.23. The standard InChI is InChI=1S/C23H15ClFN3O4S/c1-32-19-11-6-15(24)12-18(19)22(29)27-23-26-20(13-2-7-16(25)8-3-13)21(33-23)14-4-9-17(10-5-14)28(30)31/h2-12H,1H3,(H,26,27,29). The monoisotopic (exact) mass is 483 g/mol. The molecular formula is C23H15ClFN3O4S. The molecule has 0 spiro atoms. The van der Waals surface area contributed by atoms with Gasteiger partial charge in [0, 0.05) is 22.7 Å². The van der Waals surface area contributed by atoms with E-state index in [2.05, 4.69) is 10.3 Å². The molecule has 0 aliphatic heterocycles. The van der Waals surface area contributed by atoms with E-state index in [0.29, 0.717) is 32.5 Å². The van der Waals surface area contributed by atoms with E-state index in [1.165, 1.54) is 48.8 Å². The van der Waals surface area contributed by atoms with E-state index in [-0.39, 0.29) is 16.4 Å². The summed E-state index contributed by atoms with van der Waals surface area (Å²) in [5.41, 5.74) is 1.98. The number of nitrogens with one attached hydrogen (secondary N) is 1. The molecular weight excluding hydrogens is 469 g/mol. The number of benzene rings is 3. The molecule has 0 saturated heterocycles. The third-order valence-corrected chi connectivity index (χ3v) is 5.97. The molecule has 1 aromatic heterocycles. The van der Waals surface area contributed by atoms with Gasteiger partial charge in [-0.3, -0.25) is 20.2 Å². The molecule has 1 heterocycles. The second-order valence-electron chi connectivity index (χ2n) is 6.81. The van der Waals surface area contributed by atoms with Crippen LogP contribution in [0.15, 0.2) is 66.7 Å². The Labute approximate surface area is 196 Å². The maximum absolute atomic E-state index is 13.5. The Morgan fingerprint density at radius 3 is 2.39 bits per heavy atom. The lowest BCUT2D eigenvalue weighted by Gasteiger charge is -2.08. The van der Waals surface area contributed by atoms with Crippen LogP contribution in [0.3, 0.4) is 0 Å². The van der Waals surface area contributed by atoms with Gasteiger partial charge < -0.3 is 4.74 Å². The molecule has 1 N–H and O–H groups in total. The second-order valence-corrected chi connectivity index (χ2v) is 8.24. The summed E-state index contributed by atoms with van der Waals surface area (Å²) < 4.78 is 18.7. The Morgan fingerprint density at radius 2 is 1.76 bits per heavy atom. The lowest BCUT2D eigenvalue weighted by atomic mass is 10.1. The van der Waals surface area contributed by atoms with Crippen molar-refractivity contribution in [2.24, 2.45) is 0 Å². The quantitative estimate of drug-likeness (QED) is 0.251. The smallest absolute Gasteiger partial charge is 0.269 e. The predicted octanol–water partition coefficient (Wildman–Crippen LogP) is 6.44. The number of thiazole rings is 1. The molecule has 33 heavy (non-hydrogen) atoms. The fourth-order valence-corrected chi connectivity index (χ4v) is 4.29. The van der Waals surface area contributed by atoms with E-state index in [0.717, 1.165) is 0 Å². The van der Waals surface area contributed by atoms with Gasteiger partial charge in [0.05, 0.1) is 28.2 Å². The van der Waals surface area contributed by atoms with E-state index in [1.54, 1.807) is 36.4 Å². The fraction of sp³-hybridized carbons (Fsp3) is 0.0435. The van der Waals surface area contributed by atoms with Gasteiger partial charge >= 0.3 is 0 Å². The number of ether oxygens (including phenoxy) is 1. The summed E-state index contributed by atoms with van der Waals surface area (Å²) in [6.45, 7) is 0. The highest BCUT2D eigenvalue weighted by molar-refractivity contribution is 7.19. The van der Waals surface area contributed by atoms with Crippen LogP contribution >= 0.6 is 22.9 Å². The molecule has 0 saturated carbocycles. The molecule has 3 aromatic carbocycles. The number of halogens is 2. The Hall–Kier alpha value is -3.82. The molecule has 1 amide bonds. The van der Waals surface area contributed by atoms with Gasteiger partial charge in [-0.1, -0.05) is 22.9 Å². The van der Waals surface area contributed by atoms with Crippen molar-refractivity contribution in [3.05, 3.63) is 93.2 Å². The summed E-state index contributed by atoms with van der Waals surface area (Å²) in [7, 11) is 1.45. The third-order valence-electron chi connectivity index (χ3n) is 4.71. The second kappa shape index (κ2) is 9.35. The first-order chi connectivity index (χ1) is 15.9. The molecule has 0 fully saturated rings. The minimum atomic E-state index is -0.485. The Balaban J connectivity index is 1.75. The van der Waals surface area contributed by atoms with Crippen LogP contribution in [0.1, 0.15) is 10.4 Å². The van der Waals surface area contributed by atoms with Gasteiger partial charge in [0.1, 0.15) is 11.6 Å². The van der Waals surface area contributed by atoms with Crippen LogP contribution in [0.4, 0.5) is 15.2 Å². The number of hydrogen-bond donors (Lipinski definition) is 1. The van der Waals surface area contributed by atoms with Crippen molar-refractivity contribution >= 4 is 39.7 Å². The van der Waals surface area contributed by atoms with Gasteiger partial charge in [-0.2, -0.15) is 0 Å². The molecule has 7 nitrogen and oxygen atoms in total. The van der Waals surface area contributed by atoms with Crippen LogP contribution in [-0.2, 0) is 0 Å². The first kappa shape index (κ1) is 22.4. The molecule has 0 radical (unpaired) electrons. The van der Waals surface area contributed by atoms with E-state index in [9.17, 15) is 19.3 Å². The van der Waals surface area contributed by atoms with Crippen LogP contribution < -0.4 is 10.1 Å². The molecule has 0 aliphatic rings. The molecule has 0 bridgehead atoms. The van der Waals surface area contributed by atoms with Crippen molar-refractivity contribution in [3.8, 4) is 27.4 Å². The van der Waals surface area contributed by atoms with Crippen molar-refractivity contribution in [1.29, 1.82) is 0 Å². The van der Waals surface area contributed by atoms with Gasteiger partial charge in [-0.25, -0.2) is 9.37 Å². The minimum Gasteiger partial charge on any atom is -0.496 e. The fourth-order valence-electron chi connectivity index (χ4n) is 3.13. The molecule has 10 heteroatoms. The topological polar surface area (TPSA) is 94.4 Å². The number of rotatable bonds is 6. The largest absolute Gasteiger partial charge is 0.496 e. The molecule has 4 aromatic rings. The zero-order chi connectivity index (χ0) is 23.5. The van der Waals surface area contributed by atoms with Crippen LogP contribution in [-0.4, -0.2) is 22.9 Å². The first-order valence-electron chi connectivity index (χ1n) is 9.52. The third kappa shape index (κ3) is 4.84. The summed E-state index contributed by atoms with van der Waals surface area (Å²) in [5.74, 6) is -0.515. The molecule has 4 rings (SSSR count). The van der Waals surface area contributed by atoms with Gasteiger partial charge in [-0.15, -0.1) is 0 Å². The maximum atomic E-state index is 13.5. The zero-order valence-electron chi connectivity index (χ0n) is 17.0. The van der Waals surface area contributed by atoms with Gasteiger partial charge in [0.2, 0.25) is 0 Å². The van der Waals surface area contributed by atoms with E-state index in [1.807, 2.05) is 0 Å². The number of amides is 1. The van der Waals surface area contributed by atoms with Crippen molar-refractivity contribution < 1.29 is 18.8 Å². The summed E-state index contributed by atoms with van der Waals surface area (Å²) >= 11 is 7.22. The number of aromatic nitrogens is 1. The number of carbonyl (C=O) groups is 1. The minimum absolute atomic E-state index is 0.0480. The first-order valence-corrected chi connectivity index (χ1v) is 10.7. The molecule has 0 unspecified atom stereocenters. The van der Waals surface area contributed by atoms with Gasteiger partial charge in [-0.05, 0) is 60.2 Å². The van der Waals surface area contributed by atoms with Gasteiger partial charge in [0.15, 0.2) is 5.13 Å². The SMILES string of the molecule is COc1ccc(Cl)cc1C(=O)Nc1nc(-c2ccc(F)cc2)c(-c2ccc([N+](=O)[O-])cc2)s1. The Morgan fingerprint density at radius 1 is 1.09 bits per heavy atom. The van der Waals surface area contributed by atoms with Crippen molar-refractivity contribution in [2.75, 3.05) is 12.4 Å². The number of methoxy groups -OCH3 is 1. The average molecular weight is 484 g/mol. The number of non-ortho nitro benzene ring substituents is 1. The highest BCUT2D eigenvalue weighted by Crippen LogP contribution is 2.40. The lowest BCUT2D eigenvalue weighted by Crippen LogP contribution is -2.13. The van der Waals surface area contributed by atoms with E-state index in [4.69, 9.17) is 16.3 Å². The number of hydrogen-bond acceptors (Lipinski definition) is 6. The maximum Gasteiger partial charge on any atom is 0.269 e. The van der Waals surface area contributed by atoms with Crippen molar-refractivity contribution in [1.82, 2.24) is 4.98 Å². The lowest BCUT2D eigenvalue weighted by molar-refractivity contribution is -0.384. The molecule has 166 valence electrons. The van der Waals surface area contributed by atoms with Gasteiger partial charge in [0.25, 0.3) is 11.6 Å². The number of carbonyl (C=O) groups excluding carboxylic acids is 1. The van der Waals surface area contributed by atoms with Crippen LogP contribution in [0, 0.1) is 15.9 Å².